The number of nitrogens with zero attached hydrogens (tertiary/aromatic N) is 1. The average Bonchev–Trinajstić information content (AvgIpc) is 2.12. The number of aromatic nitrogens is 1. The molecule has 6 heteroatoms. The largest absolute Gasteiger partial charge is 0.450 e. The van der Waals surface area contributed by atoms with Crippen LogP contribution in [-0.2, 0) is 4.74 Å². The lowest BCUT2D eigenvalue weighted by atomic mass is 10.4. The first kappa shape index (κ1) is 11.1. The van der Waals surface area contributed by atoms with Crippen LogP contribution in [0, 0.1) is 0 Å². The third kappa shape index (κ3) is 2.75. The number of carbonyl (C=O) groups excluding carboxylic acids is 1. The highest BCUT2D eigenvalue weighted by molar-refractivity contribution is 6.39. The number of carbonyl (C=O) groups is 1. The van der Waals surface area contributed by atoms with Crippen molar-refractivity contribution in [2.24, 2.45) is 0 Å². The SMILES string of the molecule is CCOC(=O)Nc1c(Cl)cncc1Cl. The summed E-state index contributed by atoms with van der Waals surface area (Å²) in [5.41, 5.74) is 0.307. The van der Waals surface area contributed by atoms with Gasteiger partial charge in [0.15, 0.2) is 0 Å². The average molecular weight is 235 g/mol. The molecule has 0 fully saturated rings. The van der Waals surface area contributed by atoms with Crippen LogP contribution >= 0.6 is 23.2 Å². The van der Waals surface area contributed by atoms with Crippen LogP contribution in [0.15, 0.2) is 12.4 Å². The van der Waals surface area contributed by atoms with Gasteiger partial charge in [-0.3, -0.25) is 10.3 Å². The Bertz CT molecular complexity index is 324. The van der Waals surface area contributed by atoms with E-state index in [9.17, 15) is 4.79 Å². The molecule has 1 aromatic heterocycles. The number of hydrogen-bond donors (Lipinski definition) is 1. The highest BCUT2D eigenvalue weighted by Crippen LogP contribution is 2.28. The lowest BCUT2D eigenvalue weighted by Gasteiger charge is -2.07. The lowest BCUT2D eigenvalue weighted by molar-refractivity contribution is 0.168. The normalized spacial score (nSPS) is 9.64. The van der Waals surface area contributed by atoms with E-state index in [4.69, 9.17) is 23.2 Å². The summed E-state index contributed by atoms with van der Waals surface area (Å²) in [6, 6.07) is 0. The van der Waals surface area contributed by atoms with Gasteiger partial charge in [0.1, 0.15) is 0 Å². The molecule has 0 unspecified atom stereocenters. The van der Waals surface area contributed by atoms with Crippen LogP contribution in [0.5, 0.6) is 0 Å². The first-order valence-corrected chi connectivity index (χ1v) is 4.63. The quantitative estimate of drug-likeness (QED) is 0.857. The van der Waals surface area contributed by atoms with Crippen LogP contribution in [-0.4, -0.2) is 17.7 Å². The van der Waals surface area contributed by atoms with Crippen LogP contribution in [0.3, 0.4) is 0 Å². The molecule has 1 heterocycles. The van der Waals surface area contributed by atoms with Gasteiger partial charge in [-0.1, -0.05) is 23.2 Å². The van der Waals surface area contributed by atoms with Gasteiger partial charge in [0.2, 0.25) is 0 Å². The summed E-state index contributed by atoms with van der Waals surface area (Å²) in [6.07, 6.45) is 2.17. The van der Waals surface area contributed by atoms with Crippen molar-refractivity contribution < 1.29 is 9.53 Å². The van der Waals surface area contributed by atoms with E-state index >= 15 is 0 Å². The number of rotatable bonds is 2. The zero-order valence-electron chi connectivity index (χ0n) is 7.38. The van der Waals surface area contributed by atoms with Gasteiger partial charge >= 0.3 is 6.09 Å². The molecule has 0 aliphatic carbocycles. The fourth-order valence-electron chi connectivity index (χ4n) is 0.800. The van der Waals surface area contributed by atoms with Gasteiger partial charge in [-0.15, -0.1) is 0 Å². The maximum absolute atomic E-state index is 11.0. The molecule has 0 saturated heterocycles. The van der Waals surface area contributed by atoms with Crippen molar-refractivity contribution in [3.63, 3.8) is 0 Å². The highest BCUT2D eigenvalue weighted by Gasteiger charge is 2.09. The lowest BCUT2D eigenvalue weighted by Crippen LogP contribution is -2.14. The summed E-state index contributed by atoms with van der Waals surface area (Å²) < 4.78 is 4.67. The van der Waals surface area contributed by atoms with E-state index in [1.165, 1.54) is 12.4 Å². The van der Waals surface area contributed by atoms with Crippen LogP contribution in [0.4, 0.5) is 10.5 Å². The van der Waals surface area contributed by atoms with E-state index in [-0.39, 0.29) is 16.7 Å². The summed E-state index contributed by atoms with van der Waals surface area (Å²) in [5.74, 6) is 0. The topological polar surface area (TPSA) is 51.2 Å². The Morgan fingerprint density at radius 3 is 2.57 bits per heavy atom. The number of pyridine rings is 1. The smallest absolute Gasteiger partial charge is 0.411 e. The zero-order chi connectivity index (χ0) is 10.6. The molecule has 1 aromatic rings. The Morgan fingerprint density at radius 2 is 2.07 bits per heavy atom. The first-order valence-electron chi connectivity index (χ1n) is 3.88. The van der Waals surface area contributed by atoms with Gasteiger partial charge in [-0.25, -0.2) is 4.79 Å². The van der Waals surface area contributed by atoms with Crippen molar-refractivity contribution in [1.82, 2.24) is 4.98 Å². The molecule has 0 bridgehead atoms. The Balaban J connectivity index is 2.80. The number of halogens is 2. The number of nitrogens with one attached hydrogen (secondary N) is 1. The molecule has 0 atom stereocenters. The molecular weight excluding hydrogens is 227 g/mol. The van der Waals surface area contributed by atoms with E-state index in [1.807, 2.05) is 0 Å². The van der Waals surface area contributed by atoms with Crippen molar-refractivity contribution in [3.8, 4) is 0 Å². The standard InChI is InChI=1S/C8H8Cl2N2O2/c1-2-14-8(13)12-7-5(9)3-11-4-6(7)10/h3-4H,2H2,1H3,(H,11,12,13). The minimum atomic E-state index is -0.595. The van der Waals surface area contributed by atoms with E-state index in [2.05, 4.69) is 15.0 Å². The molecule has 76 valence electrons. The van der Waals surface area contributed by atoms with Crippen LogP contribution in [0.2, 0.25) is 10.0 Å². The fourth-order valence-corrected chi connectivity index (χ4v) is 1.26. The molecule has 0 radical (unpaired) electrons. The predicted molar refractivity (Wildman–Crippen MR) is 54.9 cm³/mol. The minimum Gasteiger partial charge on any atom is -0.450 e. The summed E-state index contributed by atoms with van der Waals surface area (Å²) in [4.78, 5) is 14.8. The van der Waals surface area contributed by atoms with Crippen molar-refractivity contribution >= 4 is 35.0 Å². The van der Waals surface area contributed by atoms with Gasteiger partial charge in [-0.2, -0.15) is 0 Å². The second kappa shape index (κ2) is 5.02. The Hall–Kier alpha value is -1.00. The number of ether oxygens (including phenoxy) is 1. The molecule has 0 saturated carbocycles. The summed E-state index contributed by atoms with van der Waals surface area (Å²) >= 11 is 11.5. The van der Waals surface area contributed by atoms with Crippen molar-refractivity contribution in [3.05, 3.63) is 22.4 Å². The second-order valence-electron chi connectivity index (χ2n) is 2.32. The van der Waals surface area contributed by atoms with Gasteiger partial charge in [-0.05, 0) is 6.92 Å². The zero-order valence-corrected chi connectivity index (χ0v) is 8.89. The molecule has 0 aliphatic heterocycles. The molecule has 4 nitrogen and oxygen atoms in total. The van der Waals surface area contributed by atoms with Crippen LogP contribution in [0.1, 0.15) is 6.92 Å². The number of hydrogen-bond acceptors (Lipinski definition) is 3. The van der Waals surface area contributed by atoms with E-state index in [1.54, 1.807) is 6.92 Å². The molecule has 1 amide bonds. The Labute approximate surface area is 91.2 Å². The number of amides is 1. The molecule has 0 aromatic carbocycles. The highest BCUT2D eigenvalue weighted by atomic mass is 35.5. The van der Waals surface area contributed by atoms with Crippen molar-refractivity contribution in [2.75, 3.05) is 11.9 Å². The fraction of sp³-hybridized carbons (Fsp3) is 0.250. The van der Waals surface area contributed by atoms with Gasteiger partial charge in [0, 0.05) is 12.4 Å². The Kier molecular flexibility index (Phi) is 3.98. The van der Waals surface area contributed by atoms with E-state index < -0.39 is 6.09 Å². The molecule has 0 spiro atoms. The van der Waals surface area contributed by atoms with Gasteiger partial charge < -0.3 is 4.74 Å². The molecule has 0 aliphatic rings. The number of anilines is 1. The van der Waals surface area contributed by atoms with E-state index in [0.717, 1.165) is 0 Å². The first-order chi connectivity index (χ1) is 6.65. The molecular formula is C8H8Cl2N2O2. The maximum atomic E-state index is 11.0. The predicted octanol–water partition coefficient (Wildman–Crippen LogP) is 2.96. The van der Waals surface area contributed by atoms with Gasteiger partial charge in [0.05, 0.1) is 22.3 Å². The summed E-state index contributed by atoms with van der Waals surface area (Å²) in [5, 5.41) is 2.95. The summed E-state index contributed by atoms with van der Waals surface area (Å²) in [7, 11) is 0. The third-order valence-electron chi connectivity index (χ3n) is 1.36. The van der Waals surface area contributed by atoms with Crippen LogP contribution < -0.4 is 5.32 Å². The molecule has 14 heavy (non-hydrogen) atoms. The Morgan fingerprint density at radius 1 is 1.50 bits per heavy atom. The van der Waals surface area contributed by atoms with E-state index in [0.29, 0.717) is 5.69 Å². The van der Waals surface area contributed by atoms with Crippen molar-refractivity contribution in [2.45, 2.75) is 6.92 Å². The monoisotopic (exact) mass is 234 g/mol. The maximum Gasteiger partial charge on any atom is 0.411 e. The van der Waals surface area contributed by atoms with Crippen molar-refractivity contribution in [1.29, 1.82) is 0 Å². The summed E-state index contributed by atoms with van der Waals surface area (Å²) in [6.45, 7) is 1.99. The van der Waals surface area contributed by atoms with Gasteiger partial charge in [0.25, 0.3) is 0 Å². The minimum absolute atomic E-state index is 0.269. The second-order valence-corrected chi connectivity index (χ2v) is 3.14. The van der Waals surface area contributed by atoms with Crippen LogP contribution in [0.25, 0.3) is 0 Å². The third-order valence-corrected chi connectivity index (χ3v) is 1.93. The molecule has 1 rings (SSSR count). The molecule has 1 N–H and O–H groups in total.